The Hall–Kier alpha value is -3.16. The topological polar surface area (TPSA) is 32.3 Å². The Morgan fingerprint density at radius 3 is 1.97 bits per heavy atom. The summed E-state index contributed by atoms with van der Waals surface area (Å²) < 4.78 is 53.8. The zero-order chi connectivity index (χ0) is 21.2. The summed E-state index contributed by atoms with van der Waals surface area (Å²) in [5.74, 6) is -0.672. The third kappa shape index (κ3) is 4.47. The van der Waals surface area contributed by atoms with E-state index in [-0.39, 0.29) is 11.8 Å². The molecule has 2 aromatic carbocycles. The van der Waals surface area contributed by atoms with Gasteiger partial charge in [-0.05, 0) is 48.4 Å². The molecule has 0 radical (unpaired) electrons. The van der Waals surface area contributed by atoms with E-state index in [1.807, 2.05) is 31.2 Å². The van der Waals surface area contributed by atoms with Crippen molar-refractivity contribution in [1.82, 2.24) is 9.97 Å². The van der Waals surface area contributed by atoms with Gasteiger partial charge in [0.2, 0.25) is 5.95 Å². The Bertz CT molecular complexity index is 969. The van der Waals surface area contributed by atoms with E-state index in [0.717, 1.165) is 23.9 Å². The van der Waals surface area contributed by atoms with E-state index in [9.17, 15) is 17.6 Å². The van der Waals surface area contributed by atoms with Crippen molar-refractivity contribution < 1.29 is 17.6 Å². The van der Waals surface area contributed by atoms with Gasteiger partial charge < -0.3 is 9.80 Å². The Balaban J connectivity index is 2.04. The minimum absolute atomic E-state index is 0.117. The molecule has 0 fully saturated rings. The molecule has 0 aliphatic rings. The molecule has 8 heteroatoms. The third-order valence-electron chi connectivity index (χ3n) is 4.62. The van der Waals surface area contributed by atoms with Gasteiger partial charge in [0, 0.05) is 31.7 Å². The highest BCUT2D eigenvalue weighted by molar-refractivity contribution is 5.65. The van der Waals surface area contributed by atoms with Crippen LogP contribution in [0.5, 0.6) is 0 Å². The van der Waals surface area contributed by atoms with E-state index < -0.39 is 17.6 Å². The van der Waals surface area contributed by atoms with Crippen LogP contribution >= 0.6 is 0 Å². The smallest absolute Gasteiger partial charge is 0.329 e. The molecule has 0 amide bonds. The van der Waals surface area contributed by atoms with Gasteiger partial charge in [0.05, 0.1) is 0 Å². The molecule has 0 unspecified atom stereocenters. The lowest BCUT2D eigenvalue weighted by Crippen LogP contribution is -2.21. The Morgan fingerprint density at radius 2 is 1.41 bits per heavy atom. The molecule has 3 aromatic rings. The van der Waals surface area contributed by atoms with Crippen LogP contribution in [0.15, 0.2) is 54.7 Å². The molecular formula is C21H20F4N4. The first-order valence-corrected chi connectivity index (χ1v) is 8.97. The highest BCUT2D eigenvalue weighted by Gasteiger charge is 2.37. The summed E-state index contributed by atoms with van der Waals surface area (Å²) in [6, 6.07) is 12.8. The summed E-state index contributed by atoms with van der Waals surface area (Å²) >= 11 is 0. The maximum absolute atomic E-state index is 13.5. The van der Waals surface area contributed by atoms with Gasteiger partial charge in [0.1, 0.15) is 11.4 Å². The minimum atomic E-state index is -4.64. The number of aromatic nitrogens is 2. The summed E-state index contributed by atoms with van der Waals surface area (Å²) in [5.41, 5.74) is 1.30. The number of aryl methyl sites for hydroxylation is 1. The number of rotatable bonds is 5. The molecule has 0 spiro atoms. The highest BCUT2D eigenvalue weighted by Crippen LogP contribution is 2.38. The lowest BCUT2D eigenvalue weighted by atomic mass is 10.1. The van der Waals surface area contributed by atoms with Crippen molar-refractivity contribution in [1.29, 1.82) is 0 Å². The molecule has 29 heavy (non-hydrogen) atoms. The van der Waals surface area contributed by atoms with E-state index in [2.05, 4.69) is 9.97 Å². The largest absolute Gasteiger partial charge is 0.421 e. The Labute approximate surface area is 166 Å². The second-order valence-electron chi connectivity index (χ2n) is 6.52. The van der Waals surface area contributed by atoms with Crippen molar-refractivity contribution >= 4 is 23.1 Å². The second kappa shape index (κ2) is 8.06. The molecule has 152 valence electrons. The monoisotopic (exact) mass is 404 g/mol. The van der Waals surface area contributed by atoms with Gasteiger partial charge in [-0.2, -0.15) is 18.2 Å². The van der Waals surface area contributed by atoms with Gasteiger partial charge in [0.25, 0.3) is 0 Å². The van der Waals surface area contributed by atoms with Crippen LogP contribution in [0.3, 0.4) is 0 Å². The maximum Gasteiger partial charge on any atom is 0.421 e. The second-order valence-corrected chi connectivity index (χ2v) is 6.52. The fraction of sp³-hybridized carbons (Fsp3) is 0.238. The number of hydrogen-bond acceptors (Lipinski definition) is 4. The normalized spacial score (nSPS) is 11.4. The lowest BCUT2D eigenvalue weighted by molar-refractivity contribution is -0.137. The van der Waals surface area contributed by atoms with Crippen LogP contribution in [0.4, 0.5) is 40.7 Å². The van der Waals surface area contributed by atoms with Gasteiger partial charge in [-0.3, -0.25) is 0 Å². The van der Waals surface area contributed by atoms with Crippen LogP contribution in [-0.2, 0) is 12.6 Å². The Morgan fingerprint density at radius 1 is 0.862 bits per heavy atom. The van der Waals surface area contributed by atoms with Crippen molar-refractivity contribution in [3.63, 3.8) is 0 Å². The molecule has 0 N–H and O–H groups in total. The molecule has 3 rings (SSSR count). The van der Waals surface area contributed by atoms with Gasteiger partial charge >= 0.3 is 6.18 Å². The van der Waals surface area contributed by atoms with Crippen molar-refractivity contribution in [2.45, 2.75) is 19.5 Å². The quantitative estimate of drug-likeness (QED) is 0.508. The number of benzene rings is 2. The predicted molar refractivity (Wildman–Crippen MR) is 105 cm³/mol. The minimum Gasteiger partial charge on any atom is -0.329 e. The third-order valence-corrected chi connectivity index (χ3v) is 4.62. The van der Waals surface area contributed by atoms with Crippen molar-refractivity contribution in [3.8, 4) is 0 Å². The molecule has 0 saturated heterocycles. The first-order valence-electron chi connectivity index (χ1n) is 8.97. The van der Waals surface area contributed by atoms with Crippen LogP contribution < -0.4 is 9.80 Å². The standard InChI is InChI=1S/C21H20F4N4/c1-4-14-5-9-17(10-6-14)29(3)20-26-13-18(21(23,24)25)19(27-20)28(2)16-11-7-15(22)8-12-16/h5-13H,4H2,1-3H3. The average Bonchev–Trinajstić information content (AvgIpc) is 2.72. The average molecular weight is 404 g/mol. The predicted octanol–water partition coefficient (Wildman–Crippen LogP) is 5.73. The van der Waals surface area contributed by atoms with Gasteiger partial charge in [-0.15, -0.1) is 0 Å². The zero-order valence-corrected chi connectivity index (χ0v) is 16.2. The summed E-state index contributed by atoms with van der Waals surface area (Å²) in [6.45, 7) is 2.04. The summed E-state index contributed by atoms with van der Waals surface area (Å²) in [7, 11) is 3.13. The number of hydrogen-bond donors (Lipinski definition) is 0. The number of halogens is 4. The molecule has 0 bridgehead atoms. The first kappa shape index (κ1) is 20.6. The molecule has 0 saturated carbocycles. The van der Waals surface area contributed by atoms with Crippen molar-refractivity contribution in [2.24, 2.45) is 0 Å². The lowest BCUT2D eigenvalue weighted by Gasteiger charge is -2.25. The van der Waals surface area contributed by atoms with E-state index in [1.165, 1.54) is 36.2 Å². The molecule has 1 heterocycles. The van der Waals surface area contributed by atoms with Crippen LogP contribution in [0.1, 0.15) is 18.1 Å². The van der Waals surface area contributed by atoms with Crippen LogP contribution in [-0.4, -0.2) is 24.1 Å². The summed E-state index contributed by atoms with van der Waals surface area (Å²) in [5, 5.41) is 0. The van der Waals surface area contributed by atoms with E-state index >= 15 is 0 Å². The molecule has 0 atom stereocenters. The fourth-order valence-corrected chi connectivity index (χ4v) is 2.84. The van der Waals surface area contributed by atoms with Crippen molar-refractivity contribution in [2.75, 3.05) is 23.9 Å². The van der Waals surface area contributed by atoms with Crippen LogP contribution in [0.25, 0.3) is 0 Å². The van der Waals surface area contributed by atoms with Crippen molar-refractivity contribution in [3.05, 3.63) is 71.7 Å². The van der Waals surface area contributed by atoms with E-state index in [1.54, 1.807) is 11.9 Å². The molecule has 1 aromatic heterocycles. The highest BCUT2D eigenvalue weighted by atomic mass is 19.4. The molecule has 0 aliphatic heterocycles. The van der Waals surface area contributed by atoms with Crippen LogP contribution in [0.2, 0.25) is 0 Å². The first-order chi connectivity index (χ1) is 13.7. The number of anilines is 4. The van der Waals surface area contributed by atoms with Gasteiger partial charge in [-0.1, -0.05) is 19.1 Å². The molecular weight excluding hydrogens is 384 g/mol. The van der Waals surface area contributed by atoms with Gasteiger partial charge in [-0.25, -0.2) is 9.37 Å². The van der Waals surface area contributed by atoms with Gasteiger partial charge in [0.15, 0.2) is 5.82 Å². The fourth-order valence-electron chi connectivity index (χ4n) is 2.84. The van der Waals surface area contributed by atoms with E-state index in [4.69, 9.17) is 0 Å². The van der Waals surface area contributed by atoms with E-state index in [0.29, 0.717) is 5.69 Å². The number of alkyl halides is 3. The number of nitrogens with zero attached hydrogens (tertiary/aromatic N) is 4. The SMILES string of the molecule is CCc1ccc(N(C)c2ncc(C(F)(F)F)c(N(C)c3ccc(F)cc3)n2)cc1. The van der Waals surface area contributed by atoms with Crippen LogP contribution in [0, 0.1) is 5.82 Å². The summed E-state index contributed by atoms with van der Waals surface area (Å²) in [4.78, 5) is 11.0. The maximum atomic E-state index is 13.5. The molecule has 4 nitrogen and oxygen atoms in total. The zero-order valence-electron chi connectivity index (χ0n) is 16.2. The molecule has 0 aliphatic carbocycles. The summed E-state index contributed by atoms with van der Waals surface area (Å²) in [6.07, 6.45) is -2.98. The Kier molecular flexibility index (Phi) is 5.72.